The SMILES string of the molecule is Cc1nnc(CN=C(NCC(c2ccccc2)c2ccccc2)NC2CCCCC2)n1C.I. The van der Waals surface area contributed by atoms with Crippen molar-refractivity contribution in [2.75, 3.05) is 6.54 Å². The van der Waals surface area contributed by atoms with Crippen LogP contribution in [0.4, 0.5) is 0 Å². The lowest BCUT2D eigenvalue weighted by molar-refractivity contribution is 0.409. The average molecular weight is 559 g/mol. The lowest BCUT2D eigenvalue weighted by Crippen LogP contribution is -2.45. The molecule has 6 nitrogen and oxygen atoms in total. The first-order chi connectivity index (χ1) is 15.7. The number of halogens is 1. The van der Waals surface area contributed by atoms with E-state index in [0.717, 1.165) is 24.2 Å². The number of aliphatic imine (C=N–C) groups is 1. The molecule has 176 valence electrons. The number of benzene rings is 2. The Morgan fingerprint density at radius 2 is 1.58 bits per heavy atom. The van der Waals surface area contributed by atoms with Crippen LogP contribution in [0.5, 0.6) is 0 Å². The van der Waals surface area contributed by atoms with Gasteiger partial charge in [0.05, 0.1) is 0 Å². The van der Waals surface area contributed by atoms with Gasteiger partial charge >= 0.3 is 0 Å². The molecule has 0 saturated heterocycles. The molecule has 1 saturated carbocycles. The van der Waals surface area contributed by atoms with Crippen LogP contribution in [0.25, 0.3) is 0 Å². The lowest BCUT2D eigenvalue weighted by Gasteiger charge is -2.26. The van der Waals surface area contributed by atoms with Gasteiger partial charge in [0.2, 0.25) is 0 Å². The van der Waals surface area contributed by atoms with Crippen molar-refractivity contribution in [2.24, 2.45) is 12.0 Å². The fourth-order valence-electron chi connectivity index (χ4n) is 4.33. The van der Waals surface area contributed by atoms with Crippen molar-refractivity contribution in [1.82, 2.24) is 25.4 Å². The molecule has 1 fully saturated rings. The van der Waals surface area contributed by atoms with Crippen molar-refractivity contribution >= 4 is 29.9 Å². The molecule has 0 amide bonds. The van der Waals surface area contributed by atoms with Crippen LogP contribution >= 0.6 is 24.0 Å². The molecule has 0 radical (unpaired) electrons. The molecule has 4 rings (SSSR count). The van der Waals surface area contributed by atoms with Gasteiger partial charge < -0.3 is 15.2 Å². The van der Waals surface area contributed by atoms with E-state index in [1.165, 1.54) is 43.2 Å². The predicted octanol–water partition coefficient (Wildman–Crippen LogP) is 4.94. The summed E-state index contributed by atoms with van der Waals surface area (Å²) in [6.45, 7) is 3.23. The molecule has 3 aromatic rings. The van der Waals surface area contributed by atoms with Crippen LogP contribution in [0.3, 0.4) is 0 Å². The van der Waals surface area contributed by atoms with Gasteiger partial charge in [-0.25, -0.2) is 4.99 Å². The van der Waals surface area contributed by atoms with Crippen LogP contribution in [0.2, 0.25) is 0 Å². The van der Waals surface area contributed by atoms with Crippen molar-refractivity contribution < 1.29 is 0 Å². The highest BCUT2D eigenvalue weighted by Gasteiger charge is 2.18. The summed E-state index contributed by atoms with van der Waals surface area (Å²) in [7, 11) is 1.99. The zero-order valence-corrected chi connectivity index (χ0v) is 21.9. The van der Waals surface area contributed by atoms with Crippen LogP contribution in [0, 0.1) is 6.92 Å². The van der Waals surface area contributed by atoms with E-state index in [1.807, 2.05) is 18.5 Å². The summed E-state index contributed by atoms with van der Waals surface area (Å²) >= 11 is 0. The lowest BCUT2D eigenvalue weighted by atomic mass is 9.91. The van der Waals surface area contributed by atoms with Gasteiger partial charge in [-0.15, -0.1) is 34.2 Å². The maximum atomic E-state index is 4.89. The van der Waals surface area contributed by atoms with Crippen LogP contribution < -0.4 is 10.6 Å². The standard InChI is InChI=1S/C26H34N6.HI/c1-20-30-31-25(32(20)2)19-28-26(29-23-16-10-5-11-17-23)27-18-24(21-12-6-3-7-13-21)22-14-8-4-9-15-22;/h3-4,6-9,12-15,23-24H,5,10-11,16-19H2,1-2H3,(H2,27,28,29);1H. The summed E-state index contributed by atoms with van der Waals surface area (Å²) in [5, 5.41) is 15.8. The zero-order valence-electron chi connectivity index (χ0n) is 19.6. The number of aromatic nitrogens is 3. The molecule has 7 heteroatoms. The average Bonchev–Trinajstić information content (AvgIpc) is 3.17. The smallest absolute Gasteiger partial charge is 0.191 e. The molecule has 1 aliphatic rings. The van der Waals surface area contributed by atoms with Gasteiger partial charge in [-0.2, -0.15) is 0 Å². The first-order valence-corrected chi connectivity index (χ1v) is 11.7. The first kappa shape index (κ1) is 25.2. The summed E-state index contributed by atoms with van der Waals surface area (Å²) < 4.78 is 2.00. The van der Waals surface area contributed by atoms with E-state index < -0.39 is 0 Å². The van der Waals surface area contributed by atoms with Crippen LogP contribution in [-0.2, 0) is 13.6 Å². The number of aryl methyl sites for hydroxylation is 1. The largest absolute Gasteiger partial charge is 0.355 e. The number of hydrogen-bond acceptors (Lipinski definition) is 3. The van der Waals surface area contributed by atoms with E-state index in [2.05, 4.69) is 81.5 Å². The Bertz CT molecular complexity index is 957. The molecule has 0 unspecified atom stereocenters. The van der Waals surface area contributed by atoms with E-state index in [4.69, 9.17) is 4.99 Å². The highest BCUT2D eigenvalue weighted by atomic mass is 127. The number of hydrogen-bond donors (Lipinski definition) is 2. The van der Waals surface area contributed by atoms with E-state index in [9.17, 15) is 0 Å². The molecule has 0 atom stereocenters. The Balaban J connectivity index is 0.00000306. The van der Waals surface area contributed by atoms with Gasteiger partial charge in [-0.3, -0.25) is 0 Å². The fourth-order valence-corrected chi connectivity index (χ4v) is 4.33. The number of guanidine groups is 1. The molecular formula is C26H35IN6. The molecule has 0 aliphatic heterocycles. The van der Waals surface area contributed by atoms with E-state index in [1.54, 1.807) is 0 Å². The second kappa shape index (κ2) is 12.7. The van der Waals surface area contributed by atoms with Crippen LogP contribution in [-0.4, -0.2) is 33.3 Å². The van der Waals surface area contributed by atoms with Crippen molar-refractivity contribution in [3.63, 3.8) is 0 Å². The van der Waals surface area contributed by atoms with Crippen molar-refractivity contribution in [3.05, 3.63) is 83.4 Å². The Kier molecular flexibility index (Phi) is 9.72. The number of rotatable bonds is 7. The van der Waals surface area contributed by atoms with Crippen molar-refractivity contribution in [2.45, 2.75) is 57.5 Å². The van der Waals surface area contributed by atoms with Crippen LogP contribution in [0.1, 0.15) is 60.8 Å². The summed E-state index contributed by atoms with van der Waals surface area (Å²) in [6, 6.07) is 21.9. The van der Waals surface area contributed by atoms with Gasteiger partial charge in [0.1, 0.15) is 12.4 Å². The van der Waals surface area contributed by atoms with Crippen molar-refractivity contribution in [1.29, 1.82) is 0 Å². The zero-order chi connectivity index (χ0) is 22.2. The Labute approximate surface area is 214 Å². The van der Waals surface area contributed by atoms with Gasteiger partial charge in [0, 0.05) is 25.6 Å². The summed E-state index contributed by atoms with van der Waals surface area (Å²) in [5.74, 6) is 2.87. The Morgan fingerprint density at radius 3 is 2.12 bits per heavy atom. The third-order valence-electron chi connectivity index (χ3n) is 6.38. The molecule has 1 aliphatic carbocycles. The summed E-state index contributed by atoms with van der Waals surface area (Å²) in [4.78, 5) is 4.89. The maximum Gasteiger partial charge on any atom is 0.191 e. The van der Waals surface area contributed by atoms with Gasteiger partial charge in [0.25, 0.3) is 0 Å². The molecule has 2 N–H and O–H groups in total. The monoisotopic (exact) mass is 558 g/mol. The second-order valence-electron chi connectivity index (χ2n) is 8.62. The minimum atomic E-state index is 0. The third kappa shape index (κ3) is 7.03. The molecular weight excluding hydrogens is 523 g/mol. The summed E-state index contributed by atoms with van der Waals surface area (Å²) in [6.07, 6.45) is 6.30. The number of nitrogens with one attached hydrogen (secondary N) is 2. The summed E-state index contributed by atoms with van der Waals surface area (Å²) in [5.41, 5.74) is 2.60. The Morgan fingerprint density at radius 1 is 0.970 bits per heavy atom. The minimum Gasteiger partial charge on any atom is -0.355 e. The second-order valence-corrected chi connectivity index (χ2v) is 8.62. The van der Waals surface area contributed by atoms with E-state index in [0.29, 0.717) is 12.6 Å². The predicted molar refractivity (Wildman–Crippen MR) is 145 cm³/mol. The fraction of sp³-hybridized carbons (Fsp3) is 0.423. The quantitative estimate of drug-likeness (QED) is 0.245. The van der Waals surface area contributed by atoms with Gasteiger partial charge in [-0.05, 0) is 30.9 Å². The first-order valence-electron chi connectivity index (χ1n) is 11.7. The molecule has 2 aromatic carbocycles. The van der Waals surface area contributed by atoms with Gasteiger partial charge in [0.15, 0.2) is 11.8 Å². The normalized spacial score (nSPS) is 14.7. The molecule has 1 aromatic heterocycles. The van der Waals surface area contributed by atoms with Gasteiger partial charge in [-0.1, -0.05) is 79.9 Å². The number of nitrogens with zero attached hydrogens (tertiary/aromatic N) is 4. The molecule has 0 bridgehead atoms. The van der Waals surface area contributed by atoms with Crippen LogP contribution in [0.15, 0.2) is 65.7 Å². The van der Waals surface area contributed by atoms with E-state index in [-0.39, 0.29) is 29.9 Å². The topological polar surface area (TPSA) is 67.1 Å². The minimum absolute atomic E-state index is 0. The van der Waals surface area contributed by atoms with Crippen molar-refractivity contribution in [3.8, 4) is 0 Å². The molecule has 0 spiro atoms. The third-order valence-corrected chi connectivity index (χ3v) is 6.38. The highest BCUT2D eigenvalue weighted by molar-refractivity contribution is 14.0. The van der Waals surface area contributed by atoms with E-state index >= 15 is 0 Å². The maximum absolute atomic E-state index is 4.89. The highest BCUT2D eigenvalue weighted by Crippen LogP contribution is 2.24. The molecule has 33 heavy (non-hydrogen) atoms. The Hall–Kier alpha value is -2.42. The molecule has 1 heterocycles.